The molecule has 4 atom stereocenters. The molecule has 2 N–H and O–H groups in total. The number of alkyl halides is 6. The minimum Gasteiger partial charge on any atom is -0.381 e. The molecule has 0 radical (unpaired) electrons. The van der Waals surface area contributed by atoms with Gasteiger partial charge < -0.3 is 15.4 Å². The first-order valence-electron chi connectivity index (χ1n) is 12.7. The van der Waals surface area contributed by atoms with Crippen LogP contribution in [0.4, 0.5) is 26.3 Å². The largest absolute Gasteiger partial charge is 0.416 e. The van der Waals surface area contributed by atoms with E-state index in [-0.39, 0.29) is 29.5 Å². The van der Waals surface area contributed by atoms with E-state index >= 15 is 0 Å². The Hall–Kier alpha value is -1.81. The number of amides is 1. The Balaban J connectivity index is 1.44. The van der Waals surface area contributed by atoms with Crippen LogP contribution in [0.3, 0.4) is 0 Å². The third kappa shape index (κ3) is 6.01. The number of ether oxygens (including phenoxy) is 1. The molecule has 1 saturated heterocycles. The van der Waals surface area contributed by atoms with Crippen LogP contribution in [0.15, 0.2) is 18.2 Å². The summed E-state index contributed by atoms with van der Waals surface area (Å²) in [5.74, 6) is 0.811. The monoisotopic (exact) mass is 520 g/mol. The zero-order valence-corrected chi connectivity index (χ0v) is 20.6. The highest BCUT2D eigenvalue weighted by atomic mass is 19.4. The number of hydrogen-bond acceptors (Lipinski definition) is 3. The summed E-state index contributed by atoms with van der Waals surface area (Å²) in [6.45, 7) is 4.94. The number of nitrogens with one attached hydrogen (secondary N) is 2. The molecular weight excluding hydrogens is 486 g/mol. The second kappa shape index (κ2) is 10.2. The number of carbonyl (C=O) groups excluding carboxylic acids is 1. The summed E-state index contributed by atoms with van der Waals surface area (Å²) >= 11 is 0. The van der Waals surface area contributed by atoms with Gasteiger partial charge in [-0.1, -0.05) is 13.8 Å². The number of halogens is 6. The standard InChI is InChI=1S/C26H34F6N2O2/c1-15(2)24(7-5-20(12-24)34-22-6-8-36-14-21(22)17-3-4-17)23(35)33-13-16-9-18(25(27,28)29)11-19(10-16)26(30,31)32/h9-11,15,17,20-22,34H,3-8,12-14H2,1-2H3,(H,33,35)/t20-,21?,22?,24+/m1/s1. The van der Waals surface area contributed by atoms with Gasteiger partial charge in [-0.05, 0) is 74.1 Å². The molecule has 202 valence electrons. The van der Waals surface area contributed by atoms with Gasteiger partial charge in [0.2, 0.25) is 5.91 Å². The van der Waals surface area contributed by atoms with Crippen molar-refractivity contribution in [3.8, 4) is 0 Å². The molecule has 3 aliphatic rings. The van der Waals surface area contributed by atoms with E-state index in [9.17, 15) is 31.1 Å². The van der Waals surface area contributed by atoms with Crippen LogP contribution < -0.4 is 10.6 Å². The first-order chi connectivity index (χ1) is 16.8. The molecule has 2 unspecified atom stereocenters. The lowest BCUT2D eigenvalue weighted by Gasteiger charge is -2.36. The van der Waals surface area contributed by atoms with Crippen molar-refractivity contribution in [3.63, 3.8) is 0 Å². The molecule has 0 spiro atoms. The van der Waals surface area contributed by atoms with Crippen LogP contribution in [-0.2, 0) is 28.4 Å². The SMILES string of the molecule is CC(C)[C@]1(C(=O)NCc2cc(C(F)(F)F)cc(C(F)(F)F)c2)CC[C@@H](NC2CCOCC2C2CC2)C1. The number of hydrogen-bond donors (Lipinski definition) is 2. The topological polar surface area (TPSA) is 50.4 Å². The average molecular weight is 521 g/mol. The maximum atomic E-state index is 13.4. The molecule has 3 fully saturated rings. The quantitative estimate of drug-likeness (QED) is 0.438. The lowest BCUT2D eigenvalue weighted by atomic mass is 9.74. The van der Waals surface area contributed by atoms with Gasteiger partial charge >= 0.3 is 12.4 Å². The molecule has 1 heterocycles. The maximum absolute atomic E-state index is 13.4. The van der Waals surface area contributed by atoms with Crippen LogP contribution in [0.1, 0.15) is 69.1 Å². The molecule has 4 nitrogen and oxygen atoms in total. The van der Waals surface area contributed by atoms with Crippen LogP contribution in [-0.4, -0.2) is 31.2 Å². The fraction of sp³-hybridized carbons (Fsp3) is 0.731. The van der Waals surface area contributed by atoms with E-state index in [4.69, 9.17) is 4.74 Å². The summed E-state index contributed by atoms with van der Waals surface area (Å²) < 4.78 is 84.9. The smallest absolute Gasteiger partial charge is 0.381 e. The number of rotatable bonds is 7. The van der Waals surface area contributed by atoms with Gasteiger partial charge in [-0.2, -0.15) is 26.3 Å². The summed E-state index contributed by atoms with van der Waals surface area (Å²) in [6, 6.07) is 1.90. The van der Waals surface area contributed by atoms with Gasteiger partial charge in [0.25, 0.3) is 0 Å². The van der Waals surface area contributed by atoms with Crippen LogP contribution >= 0.6 is 0 Å². The second-order valence-corrected chi connectivity index (χ2v) is 11.0. The molecule has 4 rings (SSSR count). The number of benzene rings is 1. The highest BCUT2D eigenvalue weighted by Crippen LogP contribution is 2.46. The van der Waals surface area contributed by atoms with Gasteiger partial charge in [-0.3, -0.25) is 4.79 Å². The van der Waals surface area contributed by atoms with Gasteiger partial charge in [-0.25, -0.2) is 0 Å². The highest BCUT2D eigenvalue weighted by Gasteiger charge is 2.49. The van der Waals surface area contributed by atoms with Crippen molar-refractivity contribution in [1.82, 2.24) is 10.6 Å². The predicted octanol–water partition coefficient (Wildman–Crippen LogP) is 5.94. The zero-order valence-electron chi connectivity index (χ0n) is 20.6. The summed E-state index contributed by atoms with van der Waals surface area (Å²) in [7, 11) is 0. The molecule has 36 heavy (non-hydrogen) atoms. The van der Waals surface area contributed by atoms with E-state index in [1.54, 1.807) is 0 Å². The normalized spacial score (nSPS) is 29.5. The predicted molar refractivity (Wildman–Crippen MR) is 122 cm³/mol. The van der Waals surface area contributed by atoms with Crippen LogP contribution in [0.2, 0.25) is 0 Å². The Labute approximate surface area is 207 Å². The van der Waals surface area contributed by atoms with Crippen molar-refractivity contribution in [1.29, 1.82) is 0 Å². The Morgan fingerprint density at radius 2 is 1.67 bits per heavy atom. The highest BCUT2D eigenvalue weighted by molar-refractivity contribution is 5.83. The Bertz CT molecular complexity index is 911. The van der Waals surface area contributed by atoms with Crippen molar-refractivity contribution in [3.05, 3.63) is 34.9 Å². The minimum atomic E-state index is -4.92. The van der Waals surface area contributed by atoms with Crippen molar-refractivity contribution < 1.29 is 35.9 Å². The Kier molecular flexibility index (Phi) is 7.68. The van der Waals surface area contributed by atoms with Crippen molar-refractivity contribution in [2.45, 2.75) is 83.4 Å². The fourth-order valence-corrected chi connectivity index (χ4v) is 5.95. The average Bonchev–Trinajstić information content (AvgIpc) is 3.55. The number of carbonyl (C=O) groups is 1. The van der Waals surface area contributed by atoms with Crippen molar-refractivity contribution in [2.24, 2.45) is 23.2 Å². The van der Waals surface area contributed by atoms with Gasteiger partial charge in [-0.15, -0.1) is 0 Å². The fourth-order valence-electron chi connectivity index (χ4n) is 5.95. The van der Waals surface area contributed by atoms with Crippen molar-refractivity contribution >= 4 is 5.91 Å². The molecular formula is C26H34F6N2O2. The first-order valence-corrected chi connectivity index (χ1v) is 12.7. The molecule has 1 amide bonds. The van der Waals surface area contributed by atoms with E-state index in [0.29, 0.717) is 49.5 Å². The van der Waals surface area contributed by atoms with E-state index < -0.39 is 35.4 Å². The van der Waals surface area contributed by atoms with Crippen LogP contribution in [0.25, 0.3) is 0 Å². The summed E-state index contributed by atoms with van der Waals surface area (Å²) in [5.41, 5.74) is -3.72. The molecule has 1 aromatic carbocycles. The van der Waals surface area contributed by atoms with Gasteiger partial charge in [0, 0.05) is 31.2 Å². The summed E-state index contributed by atoms with van der Waals surface area (Å²) in [5, 5.41) is 6.43. The lowest BCUT2D eigenvalue weighted by Crippen LogP contribution is -2.49. The molecule has 10 heteroatoms. The third-order valence-electron chi connectivity index (χ3n) is 8.29. The molecule has 2 saturated carbocycles. The van der Waals surface area contributed by atoms with E-state index in [0.717, 1.165) is 19.4 Å². The van der Waals surface area contributed by atoms with E-state index in [2.05, 4.69) is 10.6 Å². The summed E-state index contributed by atoms with van der Waals surface area (Å²) in [4.78, 5) is 13.4. The third-order valence-corrected chi connectivity index (χ3v) is 8.29. The molecule has 0 aromatic heterocycles. The maximum Gasteiger partial charge on any atom is 0.416 e. The first kappa shape index (κ1) is 27.2. The van der Waals surface area contributed by atoms with E-state index in [1.165, 1.54) is 12.8 Å². The molecule has 2 aliphatic carbocycles. The van der Waals surface area contributed by atoms with Crippen LogP contribution in [0.5, 0.6) is 0 Å². The Morgan fingerprint density at radius 3 is 2.22 bits per heavy atom. The van der Waals surface area contributed by atoms with Gasteiger partial charge in [0.05, 0.1) is 23.1 Å². The molecule has 1 aromatic rings. The molecule has 0 bridgehead atoms. The van der Waals surface area contributed by atoms with E-state index in [1.807, 2.05) is 13.8 Å². The summed E-state index contributed by atoms with van der Waals surface area (Å²) in [6.07, 6.45) is -4.49. The Morgan fingerprint density at radius 1 is 1.03 bits per heavy atom. The second-order valence-electron chi connectivity index (χ2n) is 11.0. The van der Waals surface area contributed by atoms with Gasteiger partial charge in [0.1, 0.15) is 0 Å². The van der Waals surface area contributed by atoms with Crippen molar-refractivity contribution in [2.75, 3.05) is 13.2 Å². The van der Waals surface area contributed by atoms with Gasteiger partial charge in [0.15, 0.2) is 0 Å². The molecule has 1 aliphatic heterocycles. The lowest BCUT2D eigenvalue weighted by molar-refractivity contribution is -0.143. The minimum absolute atomic E-state index is 0.0366. The zero-order chi connectivity index (χ0) is 26.3. The van der Waals surface area contributed by atoms with Crippen LogP contribution in [0, 0.1) is 23.2 Å².